The molecule has 1 aliphatic heterocycles. The Labute approximate surface area is 202 Å². The number of aromatic nitrogens is 2. The third-order valence-electron chi connectivity index (χ3n) is 5.99. The Balaban J connectivity index is 1.25. The number of hydrogen-bond acceptors (Lipinski definition) is 5. The van der Waals surface area contributed by atoms with Gasteiger partial charge in [-0.25, -0.2) is 4.98 Å². The number of carbonyl (C=O) groups is 1. The number of rotatable bonds is 6. The largest absolute Gasteiger partial charge is 0.493 e. The molecule has 8 heteroatoms. The molecule has 0 unspecified atom stereocenters. The summed E-state index contributed by atoms with van der Waals surface area (Å²) in [5.74, 6) is 1.92. The summed E-state index contributed by atoms with van der Waals surface area (Å²) in [6, 6.07) is 19.1. The van der Waals surface area contributed by atoms with E-state index in [2.05, 4.69) is 20.9 Å². The molecular weight excluding hydrogens is 452 g/mol. The molecule has 7 nitrogen and oxygen atoms in total. The highest BCUT2D eigenvalue weighted by Crippen LogP contribution is 2.29. The van der Waals surface area contributed by atoms with Crippen molar-refractivity contribution in [2.45, 2.75) is 20.0 Å². The van der Waals surface area contributed by atoms with Gasteiger partial charge < -0.3 is 24.3 Å². The van der Waals surface area contributed by atoms with Crippen molar-refractivity contribution in [1.82, 2.24) is 9.55 Å². The van der Waals surface area contributed by atoms with Gasteiger partial charge in [-0.3, -0.25) is 4.79 Å². The molecule has 0 saturated heterocycles. The van der Waals surface area contributed by atoms with Crippen molar-refractivity contribution in [3.8, 4) is 11.5 Å². The van der Waals surface area contributed by atoms with E-state index in [1.54, 1.807) is 19.2 Å². The number of fused-ring (bicyclic) bond motifs is 3. The summed E-state index contributed by atoms with van der Waals surface area (Å²) in [7, 11) is 1.57. The maximum Gasteiger partial charge on any atom is 0.262 e. The lowest BCUT2D eigenvalue weighted by Crippen LogP contribution is -2.33. The first kappa shape index (κ1) is 22.1. The van der Waals surface area contributed by atoms with E-state index in [4.69, 9.17) is 26.1 Å². The van der Waals surface area contributed by atoms with Gasteiger partial charge in [-0.2, -0.15) is 0 Å². The van der Waals surface area contributed by atoms with Crippen molar-refractivity contribution in [3.63, 3.8) is 0 Å². The molecule has 174 valence electrons. The molecule has 5 rings (SSSR count). The highest BCUT2D eigenvalue weighted by molar-refractivity contribution is 6.31. The minimum atomic E-state index is -0.230. The van der Waals surface area contributed by atoms with Gasteiger partial charge in [0.1, 0.15) is 5.82 Å². The van der Waals surface area contributed by atoms with Crippen LogP contribution in [0.15, 0.2) is 60.7 Å². The van der Waals surface area contributed by atoms with Gasteiger partial charge in [-0.1, -0.05) is 23.7 Å². The molecule has 1 aromatic heterocycles. The molecule has 0 saturated carbocycles. The maximum absolute atomic E-state index is 12.5. The summed E-state index contributed by atoms with van der Waals surface area (Å²) in [5, 5.41) is 3.63. The SMILES string of the molecule is COc1ccccc1OCC(=O)Nc1ccc(N2CCn3c(nc4cc(Cl)ccc43)C2)cc1C. The molecule has 34 heavy (non-hydrogen) atoms. The van der Waals surface area contributed by atoms with E-state index in [1.807, 2.05) is 49.4 Å². The zero-order chi connectivity index (χ0) is 23.7. The number of carbonyl (C=O) groups excluding carboxylic acids is 1. The summed E-state index contributed by atoms with van der Waals surface area (Å²) >= 11 is 6.14. The third-order valence-corrected chi connectivity index (χ3v) is 6.23. The second kappa shape index (κ2) is 9.27. The first-order valence-electron chi connectivity index (χ1n) is 11.1. The molecule has 1 aliphatic rings. The van der Waals surface area contributed by atoms with Crippen LogP contribution in [0.4, 0.5) is 11.4 Å². The highest BCUT2D eigenvalue weighted by Gasteiger charge is 2.21. The number of para-hydroxylation sites is 2. The van der Waals surface area contributed by atoms with Gasteiger partial charge in [0.05, 0.1) is 24.7 Å². The van der Waals surface area contributed by atoms with Crippen LogP contribution in [0.2, 0.25) is 5.02 Å². The van der Waals surface area contributed by atoms with Crippen molar-refractivity contribution in [2.24, 2.45) is 0 Å². The Morgan fingerprint density at radius 1 is 1.09 bits per heavy atom. The van der Waals surface area contributed by atoms with Crippen molar-refractivity contribution in [2.75, 3.05) is 30.5 Å². The highest BCUT2D eigenvalue weighted by atomic mass is 35.5. The van der Waals surface area contributed by atoms with Crippen molar-refractivity contribution < 1.29 is 14.3 Å². The number of amides is 1. The first-order valence-corrected chi connectivity index (χ1v) is 11.5. The van der Waals surface area contributed by atoms with E-state index in [1.165, 1.54) is 0 Å². The lowest BCUT2D eigenvalue weighted by atomic mass is 10.1. The Morgan fingerprint density at radius 2 is 1.91 bits per heavy atom. The summed E-state index contributed by atoms with van der Waals surface area (Å²) in [5.41, 5.74) is 4.87. The van der Waals surface area contributed by atoms with Gasteiger partial charge in [0.25, 0.3) is 5.91 Å². The summed E-state index contributed by atoms with van der Waals surface area (Å²) < 4.78 is 13.1. The fourth-order valence-electron chi connectivity index (χ4n) is 4.27. The summed E-state index contributed by atoms with van der Waals surface area (Å²) in [6.07, 6.45) is 0. The number of benzene rings is 3. The number of nitrogens with zero attached hydrogens (tertiary/aromatic N) is 3. The fraction of sp³-hybridized carbons (Fsp3) is 0.231. The molecule has 0 atom stereocenters. The van der Waals surface area contributed by atoms with Crippen molar-refractivity contribution >= 4 is 39.9 Å². The van der Waals surface area contributed by atoms with Crippen LogP contribution in [0.3, 0.4) is 0 Å². The monoisotopic (exact) mass is 476 g/mol. The molecular formula is C26H25ClN4O3. The summed E-state index contributed by atoms with van der Waals surface area (Å²) in [6.45, 7) is 4.32. The minimum Gasteiger partial charge on any atom is -0.493 e. The molecule has 1 amide bonds. The molecule has 1 N–H and O–H groups in total. The number of imidazole rings is 1. The molecule has 0 radical (unpaired) electrons. The second-order valence-corrected chi connectivity index (χ2v) is 8.66. The van der Waals surface area contributed by atoms with Gasteiger partial charge in [0, 0.05) is 29.5 Å². The van der Waals surface area contributed by atoms with E-state index in [9.17, 15) is 4.79 Å². The maximum atomic E-state index is 12.5. The van der Waals surface area contributed by atoms with Crippen LogP contribution in [0.5, 0.6) is 11.5 Å². The van der Waals surface area contributed by atoms with Crippen LogP contribution in [-0.2, 0) is 17.9 Å². The van der Waals surface area contributed by atoms with E-state index in [-0.39, 0.29) is 12.5 Å². The predicted octanol–water partition coefficient (Wildman–Crippen LogP) is 5.04. The fourth-order valence-corrected chi connectivity index (χ4v) is 4.43. The average molecular weight is 477 g/mol. The first-order chi connectivity index (χ1) is 16.5. The lowest BCUT2D eigenvalue weighted by molar-refractivity contribution is -0.118. The smallest absolute Gasteiger partial charge is 0.262 e. The molecule has 0 fully saturated rings. The quantitative estimate of drug-likeness (QED) is 0.422. The van der Waals surface area contributed by atoms with Crippen LogP contribution in [0.25, 0.3) is 11.0 Å². The van der Waals surface area contributed by atoms with Gasteiger partial charge in [0.15, 0.2) is 18.1 Å². The van der Waals surface area contributed by atoms with Crippen LogP contribution in [0, 0.1) is 6.92 Å². The molecule has 3 aromatic carbocycles. The Bertz CT molecular complexity index is 1370. The van der Waals surface area contributed by atoms with E-state index in [0.717, 1.165) is 46.9 Å². The number of nitrogens with one attached hydrogen (secondary N) is 1. The molecule has 0 spiro atoms. The Kier molecular flexibility index (Phi) is 6.02. The van der Waals surface area contributed by atoms with Crippen molar-refractivity contribution in [1.29, 1.82) is 0 Å². The van der Waals surface area contributed by atoms with E-state index in [0.29, 0.717) is 23.1 Å². The standard InChI is InChI=1S/C26H25ClN4O3/c1-17-13-19(30-11-12-31-22-10-7-18(27)14-21(22)28-25(31)15-30)8-9-20(17)29-26(32)16-34-24-6-4-3-5-23(24)33-2/h3-10,13-14H,11-12,15-16H2,1-2H3,(H,29,32). The van der Waals surface area contributed by atoms with E-state index >= 15 is 0 Å². The molecule has 2 heterocycles. The lowest BCUT2D eigenvalue weighted by Gasteiger charge is -2.30. The topological polar surface area (TPSA) is 68.6 Å². The third kappa shape index (κ3) is 4.39. The summed E-state index contributed by atoms with van der Waals surface area (Å²) in [4.78, 5) is 19.5. The zero-order valence-electron chi connectivity index (χ0n) is 19.0. The number of methoxy groups -OCH3 is 1. The normalized spacial score (nSPS) is 13.0. The van der Waals surface area contributed by atoms with Gasteiger partial charge in [-0.15, -0.1) is 0 Å². The average Bonchev–Trinajstić information content (AvgIpc) is 3.20. The molecule has 0 bridgehead atoms. The number of anilines is 2. The van der Waals surface area contributed by atoms with Gasteiger partial charge in [-0.05, 0) is 61.0 Å². The predicted molar refractivity (Wildman–Crippen MR) is 134 cm³/mol. The van der Waals surface area contributed by atoms with E-state index < -0.39 is 0 Å². The number of halogens is 1. The van der Waals surface area contributed by atoms with Gasteiger partial charge in [0.2, 0.25) is 0 Å². The molecule has 0 aliphatic carbocycles. The van der Waals surface area contributed by atoms with Crippen LogP contribution in [-0.4, -0.2) is 35.7 Å². The number of ether oxygens (including phenoxy) is 2. The minimum absolute atomic E-state index is 0.103. The van der Waals surface area contributed by atoms with Gasteiger partial charge >= 0.3 is 0 Å². The number of hydrogen-bond donors (Lipinski definition) is 1. The van der Waals surface area contributed by atoms with Crippen LogP contribution in [0.1, 0.15) is 11.4 Å². The second-order valence-electron chi connectivity index (χ2n) is 8.22. The van der Waals surface area contributed by atoms with Crippen molar-refractivity contribution in [3.05, 3.63) is 77.1 Å². The van der Waals surface area contributed by atoms with Crippen LogP contribution < -0.4 is 19.7 Å². The Hall–Kier alpha value is -3.71. The zero-order valence-corrected chi connectivity index (χ0v) is 19.8. The Morgan fingerprint density at radius 3 is 2.71 bits per heavy atom. The van der Waals surface area contributed by atoms with Crippen LogP contribution >= 0.6 is 11.6 Å². The number of aryl methyl sites for hydroxylation is 1. The molecule has 4 aromatic rings.